The van der Waals surface area contributed by atoms with E-state index in [1.807, 2.05) is 26.0 Å². The molecule has 142 valence electrons. The first-order valence-corrected chi connectivity index (χ1v) is 9.75. The van der Waals surface area contributed by atoms with E-state index in [0.29, 0.717) is 28.9 Å². The van der Waals surface area contributed by atoms with Gasteiger partial charge in [-0.2, -0.15) is 0 Å². The SMILES string of the molecule is CCCN(Cc1nnc(-c2ccccc2Cl)o1)C(=O)Cn1c(C)csc1=O. The minimum atomic E-state index is -0.169. The van der Waals surface area contributed by atoms with Crippen LogP contribution >= 0.6 is 22.9 Å². The van der Waals surface area contributed by atoms with Gasteiger partial charge in [-0.05, 0) is 25.5 Å². The summed E-state index contributed by atoms with van der Waals surface area (Å²) in [6.45, 7) is 4.50. The fourth-order valence-electron chi connectivity index (χ4n) is 2.62. The van der Waals surface area contributed by atoms with Gasteiger partial charge in [-0.1, -0.05) is 42.0 Å². The molecule has 0 atom stereocenters. The predicted octanol–water partition coefficient (Wildman–Crippen LogP) is 3.36. The van der Waals surface area contributed by atoms with Crippen molar-refractivity contribution in [2.24, 2.45) is 0 Å². The fourth-order valence-corrected chi connectivity index (χ4v) is 3.57. The lowest BCUT2D eigenvalue weighted by Crippen LogP contribution is -2.36. The molecule has 0 spiro atoms. The van der Waals surface area contributed by atoms with E-state index in [-0.39, 0.29) is 23.9 Å². The van der Waals surface area contributed by atoms with Crippen molar-refractivity contribution in [1.82, 2.24) is 19.7 Å². The standard InChI is InChI=1S/C18H19ClN4O3S/c1-3-8-22(16(24)10-23-12(2)11-27-18(23)25)9-15-20-21-17(26-15)13-6-4-5-7-14(13)19/h4-7,11H,3,8-10H2,1-2H3. The second-order valence-corrected chi connectivity index (χ2v) is 7.25. The summed E-state index contributed by atoms with van der Waals surface area (Å²) in [6, 6.07) is 7.19. The Morgan fingerprint density at radius 1 is 1.33 bits per heavy atom. The van der Waals surface area contributed by atoms with Crippen LogP contribution in [0.15, 0.2) is 38.9 Å². The van der Waals surface area contributed by atoms with E-state index in [1.165, 1.54) is 4.57 Å². The van der Waals surface area contributed by atoms with Crippen molar-refractivity contribution in [3.8, 4) is 11.5 Å². The molecule has 0 aliphatic carbocycles. The first-order chi connectivity index (χ1) is 13.0. The van der Waals surface area contributed by atoms with E-state index in [1.54, 1.807) is 22.4 Å². The number of carbonyl (C=O) groups excluding carboxylic acids is 1. The minimum absolute atomic E-state index is 0.000323. The summed E-state index contributed by atoms with van der Waals surface area (Å²) in [5, 5.41) is 10.3. The zero-order chi connectivity index (χ0) is 19.4. The lowest BCUT2D eigenvalue weighted by molar-refractivity contribution is -0.132. The average Bonchev–Trinajstić information content (AvgIpc) is 3.23. The number of thiazole rings is 1. The zero-order valence-corrected chi connectivity index (χ0v) is 16.6. The number of rotatable bonds is 7. The van der Waals surface area contributed by atoms with Gasteiger partial charge in [0.05, 0.1) is 17.1 Å². The van der Waals surface area contributed by atoms with E-state index in [0.717, 1.165) is 23.5 Å². The smallest absolute Gasteiger partial charge is 0.307 e. The molecule has 0 aliphatic heterocycles. The molecule has 7 nitrogen and oxygen atoms in total. The van der Waals surface area contributed by atoms with Crippen molar-refractivity contribution in [2.45, 2.75) is 33.4 Å². The Morgan fingerprint density at radius 2 is 2.11 bits per heavy atom. The topological polar surface area (TPSA) is 81.2 Å². The van der Waals surface area contributed by atoms with Gasteiger partial charge >= 0.3 is 4.87 Å². The van der Waals surface area contributed by atoms with Crippen LogP contribution in [0.25, 0.3) is 11.5 Å². The molecule has 9 heteroatoms. The summed E-state index contributed by atoms with van der Waals surface area (Å²) in [4.78, 5) is 26.0. The first-order valence-electron chi connectivity index (χ1n) is 8.49. The molecule has 0 radical (unpaired) electrons. The maximum atomic E-state index is 12.7. The highest BCUT2D eigenvalue weighted by molar-refractivity contribution is 7.07. The Hall–Kier alpha value is -2.45. The number of aromatic nitrogens is 3. The van der Waals surface area contributed by atoms with Gasteiger partial charge in [-0.25, -0.2) is 0 Å². The first kappa shape index (κ1) is 19.3. The fraction of sp³-hybridized carbons (Fsp3) is 0.333. The van der Waals surface area contributed by atoms with Crippen LogP contribution in [0, 0.1) is 6.92 Å². The normalized spacial score (nSPS) is 10.9. The lowest BCUT2D eigenvalue weighted by atomic mass is 10.2. The Balaban J connectivity index is 1.76. The van der Waals surface area contributed by atoms with Crippen molar-refractivity contribution in [3.63, 3.8) is 0 Å². The summed E-state index contributed by atoms with van der Waals surface area (Å²) in [5.41, 5.74) is 1.42. The van der Waals surface area contributed by atoms with Crippen molar-refractivity contribution in [2.75, 3.05) is 6.54 Å². The summed E-state index contributed by atoms with van der Waals surface area (Å²) >= 11 is 7.25. The highest BCUT2D eigenvalue weighted by Crippen LogP contribution is 2.26. The van der Waals surface area contributed by atoms with Crippen molar-refractivity contribution < 1.29 is 9.21 Å². The molecule has 2 heterocycles. The van der Waals surface area contributed by atoms with Crippen molar-refractivity contribution in [1.29, 1.82) is 0 Å². The van der Waals surface area contributed by atoms with Crippen LogP contribution in [0.5, 0.6) is 0 Å². The molecule has 0 saturated heterocycles. The van der Waals surface area contributed by atoms with E-state index in [9.17, 15) is 9.59 Å². The predicted molar refractivity (Wildman–Crippen MR) is 104 cm³/mol. The quantitative estimate of drug-likeness (QED) is 0.601. The van der Waals surface area contributed by atoms with Gasteiger partial charge < -0.3 is 9.32 Å². The maximum Gasteiger partial charge on any atom is 0.307 e. The number of amides is 1. The second kappa shape index (κ2) is 8.49. The Bertz CT molecular complexity index is 994. The summed E-state index contributed by atoms with van der Waals surface area (Å²) in [7, 11) is 0. The highest BCUT2D eigenvalue weighted by atomic mass is 35.5. The third kappa shape index (κ3) is 4.45. The monoisotopic (exact) mass is 406 g/mol. The second-order valence-electron chi connectivity index (χ2n) is 6.03. The largest absolute Gasteiger partial charge is 0.419 e. The summed E-state index contributed by atoms with van der Waals surface area (Å²) in [6.07, 6.45) is 0.773. The van der Waals surface area contributed by atoms with E-state index < -0.39 is 0 Å². The summed E-state index contributed by atoms with van der Waals surface area (Å²) < 4.78 is 7.16. The Labute approximate surface area is 165 Å². The Kier molecular flexibility index (Phi) is 6.08. The molecule has 27 heavy (non-hydrogen) atoms. The van der Waals surface area contributed by atoms with E-state index >= 15 is 0 Å². The molecule has 1 amide bonds. The number of carbonyl (C=O) groups is 1. The number of aryl methyl sites for hydroxylation is 1. The molecule has 0 fully saturated rings. The molecule has 2 aromatic heterocycles. The van der Waals surface area contributed by atoms with Crippen molar-refractivity contribution in [3.05, 3.63) is 55.9 Å². The molecule has 3 aromatic rings. The lowest BCUT2D eigenvalue weighted by Gasteiger charge is -2.20. The van der Waals surface area contributed by atoms with Gasteiger partial charge in [-0.3, -0.25) is 14.2 Å². The summed E-state index contributed by atoms with van der Waals surface area (Å²) in [5.74, 6) is 0.462. The van der Waals surface area contributed by atoms with Gasteiger partial charge in [0, 0.05) is 17.6 Å². The van der Waals surface area contributed by atoms with Crippen LogP contribution in [0.1, 0.15) is 24.9 Å². The van der Waals surface area contributed by atoms with Crippen LogP contribution in [0.4, 0.5) is 0 Å². The van der Waals surface area contributed by atoms with Gasteiger partial charge in [0.1, 0.15) is 6.54 Å². The Morgan fingerprint density at radius 3 is 2.78 bits per heavy atom. The number of nitrogens with zero attached hydrogens (tertiary/aromatic N) is 4. The highest BCUT2D eigenvalue weighted by Gasteiger charge is 2.19. The van der Waals surface area contributed by atoms with Gasteiger partial charge in [0.25, 0.3) is 0 Å². The molecule has 3 rings (SSSR count). The molecular formula is C18H19ClN4O3S. The van der Waals surface area contributed by atoms with Gasteiger partial charge in [0.15, 0.2) is 0 Å². The van der Waals surface area contributed by atoms with Gasteiger partial charge in [-0.15, -0.1) is 10.2 Å². The average molecular weight is 407 g/mol. The molecule has 1 aromatic carbocycles. The molecule has 0 N–H and O–H groups in total. The number of hydrogen-bond acceptors (Lipinski definition) is 6. The molecular weight excluding hydrogens is 388 g/mol. The van der Waals surface area contributed by atoms with Crippen LogP contribution < -0.4 is 4.87 Å². The minimum Gasteiger partial charge on any atom is -0.419 e. The maximum absolute atomic E-state index is 12.7. The number of hydrogen-bond donors (Lipinski definition) is 0. The number of halogens is 1. The van der Waals surface area contributed by atoms with Crippen LogP contribution in [0.2, 0.25) is 5.02 Å². The number of benzene rings is 1. The molecule has 0 aliphatic rings. The van der Waals surface area contributed by atoms with Crippen LogP contribution in [-0.2, 0) is 17.9 Å². The zero-order valence-electron chi connectivity index (χ0n) is 15.0. The van der Waals surface area contributed by atoms with Crippen molar-refractivity contribution >= 4 is 28.8 Å². The van der Waals surface area contributed by atoms with Gasteiger partial charge in [0.2, 0.25) is 17.7 Å². The third-order valence-electron chi connectivity index (χ3n) is 4.01. The van der Waals surface area contributed by atoms with E-state index in [4.69, 9.17) is 16.0 Å². The van der Waals surface area contributed by atoms with Crippen LogP contribution in [-0.4, -0.2) is 32.1 Å². The third-order valence-corrected chi connectivity index (χ3v) is 5.22. The van der Waals surface area contributed by atoms with Crippen LogP contribution in [0.3, 0.4) is 0 Å². The van der Waals surface area contributed by atoms with E-state index in [2.05, 4.69) is 10.2 Å². The molecule has 0 unspecified atom stereocenters. The molecule has 0 bridgehead atoms. The molecule has 0 saturated carbocycles.